The van der Waals surface area contributed by atoms with Gasteiger partial charge in [-0.1, -0.05) is 42.5 Å². The van der Waals surface area contributed by atoms with Gasteiger partial charge < -0.3 is 4.74 Å². The Morgan fingerprint density at radius 1 is 1.06 bits per heavy atom. The number of thioether (sulfide) groups is 1. The highest BCUT2D eigenvalue weighted by molar-refractivity contribution is 7.99. The summed E-state index contributed by atoms with van der Waals surface area (Å²) >= 11 is 1.65. The Bertz CT molecular complexity index is 1260. The summed E-state index contributed by atoms with van der Waals surface area (Å²) in [4.78, 5) is 18.3. The van der Waals surface area contributed by atoms with Crippen molar-refractivity contribution in [3.63, 3.8) is 0 Å². The molecule has 1 fully saturated rings. The molecular weight excluding hydrogens is 472 g/mol. The fourth-order valence-corrected chi connectivity index (χ4v) is 7.05. The second kappa shape index (κ2) is 10.4. The zero-order valence-corrected chi connectivity index (χ0v) is 21.0. The van der Waals surface area contributed by atoms with E-state index in [2.05, 4.69) is 0 Å². The largest absolute Gasteiger partial charge is 0.497 e. The number of amides is 1. The molecule has 0 unspecified atom stereocenters. The Labute approximate surface area is 204 Å². The number of carbonyl (C=O) groups is 1. The molecule has 0 radical (unpaired) electrons. The van der Waals surface area contributed by atoms with E-state index in [1.54, 1.807) is 37.1 Å². The summed E-state index contributed by atoms with van der Waals surface area (Å²) in [6.07, 6.45) is 0.417. The van der Waals surface area contributed by atoms with Crippen LogP contribution in [-0.2, 0) is 25.4 Å². The summed E-state index contributed by atoms with van der Waals surface area (Å²) in [5.41, 5.74) is 1.11. The summed E-state index contributed by atoms with van der Waals surface area (Å²) in [6, 6.07) is 19.7. The van der Waals surface area contributed by atoms with Crippen molar-refractivity contribution in [1.82, 2.24) is 9.37 Å². The van der Waals surface area contributed by atoms with Gasteiger partial charge in [0.2, 0.25) is 10.0 Å². The lowest BCUT2D eigenvalue weighted by Gasteiger charge is -2.26. The molecule has 0 aliphatic carbocycles. The Kier molecular flexibility index (Phi) is 7.47. The number of hydroxylamine groups is 2. The molecule has 180 valence electrons. The van der Waals surface area contributed by atoms with Crippen molar-refractivity contribution in [2.45, 2.75) is 28.4 Å². The molecule has 0 spiro atoms. The SMILES string of the molecule is COc1ccc(CS[C@@H]2C[C@@H](C(=O)N(C)OC)N(S(=O)(=O)c3ccc4ccccc4c3)C2)cc1. The van der Waals surface area contributed by atoms with Crippen LogP contribution in [0.15, 0.2) is 71.6 Å². The van der Waals surface area contributed by atoms with E-state index in [9.17, 15) is 13.2 Å². The van der Waals surface area contributed by atoms with Gasteiger partial charge in [0.05, 0.1) is 19.1 Å². The standard InChI is InChI=1S/C25H28N2O5S2/c1-26(32-3)25(28)24-15-22(33-17-18-8-11-21(31-2)12-9-18)16-27(24)34(29,30)23-13-10-19-6-4-5-7-20(19)14-23/h4-14,22,24H,15-17H2,1-3H3/t22-,24+/m1/s1. The number of fused-ring (bicyclic) bond motifs is 1. The monoisotopic (exact) mass is 500 g/mol. The molecule has 34 heavy (non-hydrogen) atoms. The van der Waals surface area contributed by atoms with E-state index in [4.69, 9.17) is 9.57 Å². The first-order valence-electron chi connectivity index (χ1n) is 10.9. The van der Waals surface area contributed by atoms with Crippen LogP contribution < -0.4 is 4.74 Å². The van der Waals surface area contributed by atoms with Gasteiger partial charge >= 0.3 is 0 Å². The average Bonchev–Trinajstić information content (AvgIpc) is 3.31. The molecule has 0 N–H and O–H groups in total. The van der Waals surface area contributed by atoms with Crippen molar-refractivity contribution in [1.29, 1.82) is 0 Å². The molecule has 1 aliphatic rings. The Morgan fingerprint density at radius 3 is 2.44 bits per heavy atom. The van der Waals surface area contributed by atoms with Gasteiger partial charge in [-0.15, -0.1) is 0 Å². The number of sulfonamides is 1. The van der Waals surface area contributed by atoms with Crippen LogP contribution in [-0.4, -0.2) is 62.8 Å². The quantitative estimate of drug-likeness (QED) is 0.436. The van der Waals surface area contributed by atoms with Gasteiger partial charge in [-0.3, -0.25) is 9.63 Å². The van der Waals surface area contributed by atoms with Gasteiger partial charge in [0.25, 0.3) is 5.91 Å². The van der Waals surface area contributed by atoms with Crippen LogP contribution in [0.25, 0.3) is 10.8 Å². The highest BCUT2D eigenvalue weighted by atomic mass is 32.2. The van der Waals surface area contributed by atoms with Gasteiger partial charge in [0.1, 0.15) is 11.8 Å². The minimum absolute atomic E-state index is 0.0310. The molecule has 3 aromatic carbocycles. The Balaban J connectivity index is 1.58. The first-order valence-corrected chi connectivity index (χ1v) is 13.4. The predicted molar refractivity (Wildman–Crippen MR) is 134 cm³/mol. The number of ether oxygens (including phenoxy) is 1. The van der Waals surface area contributed by atoms with Crippen molar-refractivity contribution < 1.29 is 22.8 Å². The number of methoxy groups -OCH3 is 1. The molecular formula is C25H28N2O5S2. The first-order chi connectivity index (χ1) is 16.3. The third-order valence-corrected chi connectivity index (χ3v) is 9.24. The summed E-state index contributed by atoms with van der Waals surface area (Å²) in [6.45, 7) is 0.254. The fourth-order valence-electron chi connectivity index (χ4n) is 4.08. The van der Waals surface area contributed by atoms with Crippen LogP contribution in [0.3, 0.4) is 0 Å². The number of likely N-dealkylation sites (N-methyl/N-ethyl adjacent to an activating group) is 1. The van der Waals surface area contributed by atoms with E-state index in [0.717, 1.165) is 27.1 Å². The van der Waals surface area contributed by atoms with Crippen LogP contribution in [0.4, 0.5) is 0 Å². The number of nitrogens with zero attached hydrogens (tertiary/aromatic N) is 2. The number of benzene rings is 3. The Morgan fingerprint density at radius 2 is 1.76 bits per heavy atom. The van der Waals surface area contributed by atoms with Crippen LogP contribution in [0, 0.1) is 0 Å². The highest BCUT2D eigenvalue weighted by Gasteiger charge is 2.45. The van der Waals surface area contributed by atoms with Crippen molar-refractivity contribution >= 4 is 38.5 Å². The summed E-state index contributed by atoms with van der Waals surface area (Å²) in [5.74, 6) is 1.12. The molecule has 0 aromatic heterocycles. The van der Waals surface area contributed by atoms with Crippen molar-refractivity contribution in [3.8, 4) is 5.75 Å². The van der Waals surface area contributed by atoms with Gasteiger partial charge in [-0.25, -0.2) is 13.5 Å². The molecule has 0 bridgehead atoms. The average molecular weight is 501 g/mol. The summed E-state index contributed by atoms with van der Waals surface area (Å²) < 4.78 is 33.9. The second-order valence-corrected chi connectivity index (χ2v) is 11.3. The lowest BCUT2D eigenvalue weighted by Crippen LogP contribution is -2.46. The predicted octanol–water partition coefficient (Wildman–Crippen LogP) is 3.93. The normalized spacial score (nSPS) is 18.8. The van der Waals surface area contributed by atoms with Gasteiger partial charge in [-0.05, 0) is 47.0 Å². The minimum atomic E-state index is -3.89. The summed E-state index contributed by atoms with van der Waals surface area (Å²) in [7, 11) is 0.630. The van der Waals surface area contributed by atoms with Crippen molar-refractivity contribution in [3.05, 3.63) is 72.3 Å². The molecule has 4 rings (SSSR count). The zero-order valence-electron chi connectivity index (χ0n) is 19.4. The molecule has 1 saturated heterocycles. The minimum Gasteiger partial charge on any atom is -0.497 e. The van der Waals surface area contributed by atoms with Gasteiger partial charge in [0, 0.05) is 24.6 Å². The third kappa shape index (κ3) is 5.07. The van der Waals surface area contributed by atoms with Crippen LogP contribution in [0.5, 0.6) is 5.75 Å². The molecule has 9 heteroatoms. The van der Waals surface area contributed by atoms with Gasteiger partial charge in [-0.2, -0.15) is 16.1 Å². The highest BCUT2D eigenvalue weighted by Crippen LogP contribution is 2.35. The number of rotatable bonds is 8. The lowest BCUT2D eigenvalue weighted by molar-refractivity contribution is -0.172. The smallest absolute Gasteiger partial charge is 0.264 e. The third-order valence-electron chi connectivity index (χ3n) is 6.06. The van der Waals surface area contributed by atoms with Crippen molar-refractivity contribution in [2.24, 2.45) is 0 Å². The molecule has 2 atom stereocenters. The van der Waals surface area contributed by atoms with E-state index in [1.165, 1.54) is 18.5 Å². The van der Waals surface area contributed by atoms with E-state index < -0.39 is 16.1 Å². The van der Waals surface area contributed by atoms with Crippen LogP contribution >= 0.6 is 11.8 Å². The van der Waals surface area contributed by atoms with E-state index in [1.807, 2.05) is 48.5 Å². The molecule has 1 amide bonds. The number of carbonyl (C=O) groups excluding carboxylic acids is 1. The second-order valence-electron chi connectivity index (χ2n) is 8.13. The van der Waals surface area contributed by atoms with Gasteiger partial charge in [0.15, 0.2) is 0 Å². The maximum atomic E-state index is 13.7. The lowest BCUT2D eigenvalue weighted by atomic mass is 10.1. The first kappa shape index (κ1) is 24.5. The number of hydrogen-bond donors (Lipinski definition) is 0. The molecule has 1 heterocycles. The topological polar surface area (TPSA) is 76.2 Å². The molecule has 0 saturated carbocycles. The van der Waals surface area contributed by atoms with E-state index in [0.29, 0.717) is 12.2 Å². The van der Waals surface area contributed by atoms with Crippen molar-refractivity contribution in [2.75, 3.05) is 27.8 Å². The molecule has 7 nitrogen and oxygen atoms in total. The Hall–Kier alpha value is -2.59. The maximum absolute atomic E-state index is 13.7. The van der Waals surface area contributed by atoms with E-state index in [-0.39, 0.29) is 22.6 Å². The number of hydrogen-bond acceptors (Lipinski definition) is 6. The van der Waals surface area contributed by atoms with Crippen LogP contribution in [0.2, 0.25) is 0 Å². The van der Waals surface area contributed by atoms with E-state index >= 15 is 0 Å². The zero-order chi connectivity index (χ0) is 24.3. The fraction of sp³-hybridized carbons (Fsp3) is 0.320. The molecule has 3 aromatic rings. The molecule has 1 aliphatic heterocycles. The maximum Gasteiger partial charge on any atom is 0.264 e. The van der Waals surface area contributed by atoms with Crippen LogP contribution in [0.1, 0.15) is 12.0 Å². The summed E-state index contributed by atoms with van der Waals surface area (Å²) in [5, 5.41) is 2.87.